The Hall–Kier alpha value is -1.82. The summed E-state index contributed by atoms with van der Waals surface area (Å²) in [5.74, 6) is 0.900. The van der Waals surface area contributed by atoms with E-state index >= 15 is 0 Å². The van der Waals surface area contributed by atoms with E-state index in [9.17, 15) is 4.39 Å². The summed E-state index contributed by atoms with van der Waals surface area (Å²) >= 11 is 3.19. The zero-order valence-electron chi connectivity index (χ0n) is 10.8. The number of anilines is 1. The lowest BCUT2D eigenvalue weighted by molar-refractivity contribution is 0.456. The fourth-order valence-corrected chi connectivity index (χ4v) is 2.71. The van der Waals surface area contributed by atoms with E-state index in [1.807, 2.05) is 23.6 Å². The standard InChI is InChI=1S/C14H13BrFN3O/c1-8(5-9-3-2-4-20-9)19-13-6-10(15)11(16)7-12(13)18-14(19)17/h2-4,6-8H,5H2,1H3,(H2,17,18). The van der Waals surface area contributed by atoms with Crippen molar-refractivity contribution in [3.05, 3.63) is 46.6 Å². The predicted octanol–water partition coefficient (Wildman–Crippen LogP) is 3.92. The van der Waals surface area contributed by atoms with Crippen LogP contribution in [0.25, 0.3) is 11.0 Å². The first-order valence-electron chi connectivity index (χ1n) is 6.21. The molecule has 0 fully saturated rings. The summed E-state index contributed by atoms with van der Waals surface area (Å²) in [6.07, 6.45) is 2.33. The molecule has 0 amide bonds. The number of rotatable bonds is 3. The van der Waals surface area contributed by atoms with Crippen molar-refractivity contribution in [2.24, 2.45) is 0 Å². The summed E-state index contributed by atoms with van der Waals surface area (Å²) in [6, 6.07) is 6.91. The van der Waals surface area contributed by atoms with Gasteiger partial charge in [-0.2, -0.15) is 0 Å². The Bertz CT molecular complexity index is 751. The average molecular weight is 338 g/mol. The zero-order chi connectivity index (χ0) is 14.3. The van der Waals surface area contributed by atoms with Crippen LogP contribution in [0.4, 0.5) is 10.3 Å². The zero-order valence-corrected chi connectivity index (χ0v) is 12.4. The van der Waals surface area contributed by atoms with Gasteiger partial charge >= 0.3 is 0 Å². The maximum Gasteiger partial charge on any atom is 0.201 e. The third-order valence-corrected chi connectivity index (χ3v) is 3.88. The quantitative estimate of drug-likeness (QED) is 0.788. The Balaban J connectivity index is 2.06. The minimum Gasteiger partial charge on any atom is -0.469 e. The highest BCUT2D eigenvalue weighted by atomic mass is 79.9. The van der Waals surface area contributed by atoms with Crippen LogP contribution in [0.2, 0.25) is 0 Å². The van der Waals surface area contributed by atoms with Gasteiger partial charge in [0, 0.05) is 18.5 Å². The molecule has 1 unspecified atom stereocenters. The first kappa shape index (κ1) is 13.2. The molecule has 0 aliphatic rings. The van der Waals surface area contributed by atoms with E-state index in [0.29, 0.717) is 22.4 Å². The number of hydrogen-bond acceptors (Lipinski definition) is 3. The lowest BCUT2D eigenvalue weighted by Crippen LogP contribution is -2.11. The van der Waals surface area contributed by atoms with Gasteiger partial charge in [0.15, 0.2) is 0 Å². The molecule has 2 N–H and O–H groups in total. The molecule has 0 radical (unpaired) electrons. The maximum absolute atomic E-state index is 13.5. The van der Waals surface area contributed by atoms with Gasteiger partial charge in [0.05, 0.1) is 21.8 Å². The van der Waals surface area contributed by atoms with Crippen molar-refractivity contribution in [1.82, 2.24) is 9.55 Å². The highest BCUT2D eigenvalue weighted by Crippen LogP contribution is 2.29. The average Bonchev–Trinajstić information content (AvgIpc) is 2.97. The van der Waals surface area contributed by atoms with E-state index < -0.39 is 0 Å². The molecule has 0 aliphatic heterocycles. The van der Waals surface area contributed by atoms with Crippen LogP contribution in [0.15, 0.2) is 39.4 Å². The normalized spacial score (nSPS) is 12.9. The summed E-state index contributed by atoms with van der Waals surface area (Å²) in [6.45, 7) is 2.03. The van der Waals surface area contributed by atoms with Crippen LogP contribution in [-0.4, -0.2) is 9.55 Å². The molecule has 2 aromatic heterocycles. The summed E-state index contributed by atoms with van der Waals surface area (Å²) in [5.41, 5.74) is 7.32. The molecule has 0 aliphatic carbocycles. The molecule has 2 heterocycles. The molecule has 20 heavy (non-hydrogen) atoms. The van der Waals surface area contributed by atoms with E-state index in [2.05, 4.69) is 20.9 Å². The smallest absolute Gasteiger partial charge is 0.201 e. The molecule has 0 saturated heterocycles. The molecule has 4 nitrogen and oxygen atoms in total. The number of nitrogen functional groups attached to an aromatic ring is 1. The van der Waals surface area contributed by atoms with Gasteiger partial charge in [-0.1, -0.05) is 0 Å². The second kappa shape index (κ2) is 4.94. The third kappa shape index (κ3) is 2.20. The number of aromatic nitrogens is 2. The lowest BCUT2D eigenvalue weighted by atomic mass is 10.2. The number of halogens is 2. The predicted molar refractivity (Wildman–Crippen MR) is 78.9 cm³/mol. The minimum absolute atomic E-state index is 0.0588. The Kier molecular flexibility index (Phi) is 3.25. The van der Waals surface area contributed by atoms with E-state index in [-0.39, 0.29) is 11.9 Å². The van der Waals surface area contributed by atoms with Gasteiger partial charge in [-0.05, 0) is 41.1 Å². The molecule has 104 valence electrons. The van der Waals surface area contributed by atoms with Crippen molar-refractivity contribution in [2.45, 2.75) is 19.4 Å². The maximum atomic E-state index is 13.5. The third-order valence-electron chi connectivity index (χ3n) is 3.28. The van der Waals surface area contributed by atoms with E-state index in [4.69, 9.17) is 10.2 Å². The van der Waals surface area contributed by atoms with Crippen LogP contribution in [0.5, 0.6) is 0 Å². The molecule has 3 aromatic rings. The minimum atomic E-state index is -0.346. The van der Waals surface area contributed by atoms with Crippen molar-refractivity contribution >= 4 is 32.9 Å². The van der Waals surface area contributed by atoms with Crippen LogP contribution in [0, 0.1) is 5.82 Å². The Morgan fingerprint density at radius 2 is 2.30 bits per heavy atom. The van der Waals surface area contributed by atoms with Gasteiger partial charge in [0.25, 0.3) is 0 Å². The molecular formula is C14H13BrFN3O. The topological polar surface area (TPSA) is 57.0 Å². The van der Waals surface area contributed by atoms with Crippen LogP contribution >= 0.6 is 15.9 Å². The molecule has 6 heteroatoms. The van der Waals surface area contributed by atoms with Crippen molar-refractivity contribution in [3.63, 3.8) is 0 Å². The second-order valence-electron chi connectivity index (χ2n) is 4.73. The van der Waals surface area contributed by atoms with Gasteiger partial charge in [-0.15, -0.1) is 0 Å². The van der Waals surface area contributed by atoms with Gasteiger partial charge in [0.1, 0.15) is 11.6 Å². The molecule has 1 atom stereocenters. The summed E-state index contributed by atoms with van der Waals surface area (Å²) < 4.78 is 21.2. The number of benzene rings is 1. The fraction of sp³-hybridized carbons (Fsp3) is 0.214. The number of furan rings is 1. The Morgan fingerprint density at radius 1 is 1.50 bits per heavy atom. The SMILES string of the molecule is CC(Cc1ccco1)n1c(N)nc2cc(F)c(Br)cc21. The van der Waals surface area contributed by atoms with Gasteiger partial charge < -0.3 is 14.7 Å². The van der Waals surface area contributed by atoms with Crippen molar-refractivity contribution in [2.75, 3.05) is 5.73 Å². The molecule has 1 aromatic carbocycles. The molecule has 0 spiro atoms. The van der Waals surface area contributed by atoms with Crippen LogP contribution < -0.4 is 5.73 Å². The highest BCUT2D eigenvalue weighted by molar-refractivity contribution is 9.10. The first-order valence-corrected chi connectivity index (χ1v) is 7.00. The second-order valence-corrected chi connectivity index (χ2v) is 5.58. The van der Waals surface area contributed by atoms with Gasteiger partial charge in [0.2, 0.25) is 5.95 Å². The van der Waals surface area contributed by atoms with Crippen LogP contribution in [-0.2, 0) is 6.42 Å². The van der Waals surface area contributed by atoms with Crippen LogP contribution in [0.3, 0.4) is 0 Å². The molecule has 0 saturated carbocycles. The lowest BCUT2D eigenvalue weighted by Gasteiger charge is -2.14. The Morgan fingerprint density at radius 3 is 3.00 bits per heavy atom. The van der Waals surface area contributed by atoms with Crippen molar-refractivity contribution in [3.8, 4) is 0 Å². The first-order chi connectivity index (χ1) is 9.56. The fourth-order valence-electron chi connectivity index (χ4n) is 2.38. The number of imidazole rings is 1. The largest absolute Gasteiger partial charge is 0.469 e. The molecule has 0 bridgehead atoms. The van der Waals surface area contributed by atoms with E-state index in [0.717, 1.165) is 11.3 Å². The van der Waals surface area contributed by atoms with E-state index in [1.54, 1.807) is 12.3 Å². The number of fused-ring (bicyclic) bond motifs is 1. The van der Waals surface area contributed by atoms with Crippen LogP contribution in [0.1, 0.15) is 18.7 Å². The summed E-state index contributed by atoms with van der Waals surface area (Å²) in [5, 5.41) is 0. The van der Waals surface area contributed by atoms with Gasteiger partial charge in [-0.25, -0.2) is 9.37 Å². The summed E-state index contributed by atoms with van der Waals surface area (Å²) in [4.78, 5) is 4.21. The summed E-state index contributed by atoms with van der Waals surface area (Å²) in [7, 11) is 0. The van der Waals surface area contributed by atoms with Crippen molar-refractivity contribution < 1.29 is 8.81 Å². The molecular weight excluding hydrogens is 325 g/mol. The highest BCUT2D eigenvalue weighted by Gasteiger charge is 2.17. The number of hydrogen-bond donors (Lipinski definition) is 1. The van der Waals surface area contributed by atoms with E-state index in [1.165, 1.54) is 6.07 Å². The number of nitrogens with two attached hydrogens (primary N) is 1. The molecule has 3 rings (SSSR count). The monoisotopic (exact) mass is 337 g/mol. The number of nitrogens with zero attached hydrogens (tertiary/aromatic N) is 2. The van der Waals surface area contributed by atoms with Crippen molar-refractivity contribution in [1.29, 1.82) is 0 Å². The van der Waals surface area contributed by atoms with Gasteiger partial charge in [-0.3, -0.25) is 0 Å². The Labute approximate surface area is 123 Å².